The van der Waals surface area contributed by atoms with Crippen molar-refractivity contribution in [1.29, 1.82) is 0 Å². The fourth-order valence-corrected chi connectivity index (χ4v) is 2.77. The van der Waals surface area contributed by atoms with E-state index in [9.17, 15) is 0 Å². The molecule has 0 radical (unpaired) electrons. The van der Waals surface area contributed by atoms with E-state index in [0.717, 1.165) is 44.9 Å². The van der Waals surface area contributed by atoms with E-state index in [1.54, 1.807) is 0 Å². The van der Waals surface area contributed by atoms with E-state index in [-0.39, 0.29) is 12.2 Å². The van der Waals surface area contributed by atoms with Gasteiger partial charge in [0.05, 0.1) is 32.0 Å². The average molecular weight is 277 g/mol. The van der Waals surface area contributed by atoms with E-state index in [1.807, 2.05) is 0 Å². The summed E-state index contributed by atoms with van der Waals surface area (Å²) in [5.74, 6) is 1.05. The van der Waals surface area contributed by atoms with Gasteiger partial charge in [0, 0.05) is 19.5 Å². The molecule has 1 fully saturated rings. The van der Waals surface area contributed by atoms with Crippen LogP contribution in [0, 0.1) is 0 Å². The minimum Gasteiger partial charge on any atom is -0.493 e. The monoisotopic (exact) mass is 277 g/mol. The molecule has 0 aliphatic carbocycles. The molecule has 2 aliphatic heterocycles. The smallest absolute Gasteiger partial charge is 0.122 e. The standard InChI is InChI=1S/C16H23NO3/c1-12-9-17-10-15(20-12)11-18-6-4-13-2-3-16-14(8-13)5-7-19-16/h2-3,8,12,15,17H,4-7,9-11H2,1H3. The van der Waals surface area contributed by atoms with Gasteiger partial charge in [-0.2, -0.15) is 0 Å². The lowest BCUT2D eigenvalue weighted by Crippen LogP contribution is -2.45. The molecule has 4 heteroatoms. The Labute approximate surface area is 120 Å². The highest BCUT2D eigenvalue weighted by Crippen LogP contribution is 2.25. The summed E-state index contributed by atoms with van der Waals surface area (Å²) in [6, 6.07) is 6.45. The molecule has 0 amide bonds. The second-order valence-corrected chi connectivity index (χ2v) is 5.59. The van der Waals surface area contributed by atoms with Crippen molar-refractivity contribution in [2.75, 3.05) is 32.9 Å². The Morgan fingerprint density at radius 3 is 3.20 bits per heavy atom. The van der Waals surface area contributed by atoms with Crippen molar-refractivity contribution >= 4 is 0 Å². The Balaban J connectivity index is 1.39. The summed E-state index contributed by atoms with van der Waals surface area (Å²) in [6.45, 7) is 6.15. The summed E-state index contributed by atoms with van der Waals surface area (Å²) in [7, 11) is 0. The van der Waals surface area contributed by atoms with Crippen LogP contribution in [-0.4, -0.2) is 45.1 Å². The molecule has 1 aromatic rings. The second-order valence-electron chi connectivity index (χ2n) is 5.59. The average Bonchev–Trinajstić information content (AvgIpc) is 2.91. The first-order valence-electron chi connectivity index (χ1n) is 7.50. The third-order valence-electron chi connectivity index (χ3n) is 3.82. The maximum atomic E-state index is 5.80. The second kappa shape index (κ2) is 6.57. The topological polar surface area (TPSA) is 39.7 Å². The summed E-state index contributed by atoms with van der Waals surface area (Å²) >= 11 is 0. The molecule has 2 aliphatic rings. The third kappa shape index (κ3) is 3.51. The molecule has 1 aromatic carbocycles. The van der Waals surface area contributed by atoms with E-state index in [4.69, 9.17) is 14.2 Å². The molecule has 4 nitrogen and oxygen atoms in total. The molecule has 3 rings (SSSR count). The zero-order valence-corrected chi connectivity index (χ0v) is 12.1. The molecule has 0 saturated carbocycles. The first-order chi connectivity index (χ1) is 9.81. The van der Waals surface area contributed by atoms with Crippen LogP contribution in [0.15, 0.2) is 18.2 Å². The first kappa shape index (κ1) is 13.9. The molecule has 1 N–H and O–H groups in total. The molecule has 2 atom stereocenters. The van der Waals surface area contributed by atoms with Crippen LogP contribution in [0.5, 0.6) is 5.75 Å². The number of rotatable bonds is 5. The summed E-state index contributed by atoms with van der Waals surface area (Å²) in [4.78, 5) is 0. The lowest BCUT2D eigenvalue weighted by Gasteiger charge is -2.28. The number of ether oxygens (including phenoxy) is 3. The Morgan fingerprint density at radius 1 is 1.35 bits per heavy atom. The largest absolute Gasteiger partial charge is 0.493 e. The van der Waals surface area contributed by atoms with Gasteiger partial charge in [0.2, 0.25) is 0 Å². The van der Waals surface area contributed by atoms with Gasteiger partial charge in [-0.05, 0) is 30.5 Å². The van der Waals surface area contributed by atoms with Crippen molar-refractivity contribution < 1.29 is 14.2 Å². The molecule has 0 aromatic heterocycles. The van der Waals surface area contributed by atoms with Crippen LogP contribution < -0.4 is 10.1 Å². The Morgan fingerprint density at radius 2 is 2.30 bits per heavy atom. The molecule has 2 unspecified atom stereocenters. The highest BCUT2D eigenvalue weighted by atomic mass is 16.5. The van der Waals surface area contributed by atoms with Gasteiger partial charge in [0.25, 0.3) is 0 Å². The zero-order valence-electron chi connectivity index (χ0n) is 12.1. The van der Waals surface area contributed by atoms with Crippen LogP contribution in [0.4, 0.5) is 0 Å². The highest BCUT2D eigenvalue weighted by molar-refractivity contribution is 5.39. The molecular weight excluding hydrogens is 254 g/mol. The van der Waals surface area contributed by atoms with Crippen LogP contribution >= 0.6 is 0 Å². The molecule has 20 heavy (non-hydrogen) atoms. The van der Waals surface area contributed by atoms with E-state index in [1.165, 1.54) is 11.1 Å². The van der Waals surface area contributed by atoms with Crippen molar-refractivity contribution in [2.24, 2.45) is 0 Å². The molecule has 1 saturated heterocycles. The molecule has 110 valence electrons. The molecule has 0 bridgehead atoms. The lowest BCUT2D eigenvalue weighted by molar-refractivity contribution is -0.0681. The predicted molar refractivity (Wildman–Crippen MR) is 77.4 cm³/mol. The van der Waals surface area contributed by atoms with Gasteiger partial charge >= 0.3 is 0 Å². The molecule has 2 heterocycles. The maximum absolute atomic E-state index is 5.80. The van der Waals surface area contributed by atoms with Crippen LogP contribution in [0.3, 0.4) is 0 Å². The van der Waals surface area contributed by atoms with E-state index < -0.39 is 0 Å². The summed E-state index contributed by atoms with van der Waals surface area (Å²) in [6.07, 6.45) is 2.45. The number of benzene rings is 1. The fraction of sp³-hybridized carbons (Fsp3) is 0.625. The van der Waals surface area contributed by atoms with Gasteiger partial charge < -0.3 is 19.5 Å². The first-order valence-corrected chi connectivity index (χ1v) is 7.50. The van der Waals surface area contributed by atoms with E-state index in [2.05, 4.69) is 30.4 Å². The van der Waals surface area contributed by atoms with Gasteiger partial charge in [0.15, 0.2) is 0 Å². The fourth-order valence-electron chi connectivity index (χ4n) is 2.77. The summed E-state index contributed by atoms with van der Waals surface area (Å²) in [5, 5.41) is 3.35. The van der Waals surface area contributed by atoms with Crippen LogP contribution in [-0.2, 0) is 22.3 Å². The highest BCUT2D eigenvalue weighted by Gasteiger charge is 2.18. The third-order valence-corrected chi connectivity index (χ3v) is 3.82. The van der Waals surface area contributed by atoms with Gasteiger partial charge in [-0.25, -0.2) is 0 Å². The molecule has 0 spiro atoms. The predicted octanol–water partition coefficient (Wildman–Crippen LogP) is 1.56. The van der Waals surface area contributed by atoms with Crippen molar-refractivity contribution in [1.82, 2.24) is 5.32 Å². The SMILES string of the molecule is CC1CNCC(COCCc2ccc3c(c2)CCO3)O1. The Bertz CT molecular complexity index is 449. The van der Waals surface area contributed by atoms with Crippen molar-refractivity contribution in [3.05, 3.63) is 29.3 Å². The minimum absolute atomic E-state index is 0.187. The number of nitrogens with one attached hydrogen (secondary N) is 1. The number of hydrogen-bond donors (Lipinski definition) is 1. The van der Waals surface area contributed by atoms with Gasteiger partial charge in [0.1, 0.15) is 5.75 Å². The van der Waals surface area contributed by atoms with E-state index >= 15 is 0 Å². The van der Waals surface area contributed by atoms with E-state index in [0.29, 0.717) is 6.61 Å². The number of hydrogen-bond acceptors (Lipinski definition) is 4. The van der Waals surface area contributed by atoms with Crippen LogP contribution in [0.1, 0.15) is 18.1 Å². The quantitative estimate of drug-likeness (QED) is 0.829. The summed E-state index contributed by atoms with van der Waals surface area (Å²) in [5.41, 5.74) is 2.65. The normalized spacial score (nSPS) is 25.2. The van der Waals surface area contributed by atoms with Crippen molar-refractivity contribution in [2.45, 2.75) is 32.0 Å². The van der Waals surface area contributed by atoms with Crippen LogP contribution in [0.25, 0.3) is 0 Å². The van der Waals surface area contributed by atoms with Crippen molar-refractivity contribution in [3.63, 3.8) is 0 Å². The maximum Gasteiger partial charge on any atom is 0.122 e. The zero-order chi connectivity index (χ0) is 13.8. The minimum atomic E-state index is 0.187. The van der Waals surface area contributed by atoms with Gasteiger partial charge in [-0.15, -0.1) is 0 Å². The number of fused-ring (bicyclic) bond motifs is 1. The van der Waals surface area contributed by atoms with Gasteiger partial charge in [-0.1, -0.05) is 12.1 Å². The lowest BCUT2D eigenvalue weighted by atomic mass is 10.1. The Hall–Kier alpha value is -1.10. The molecular formula is C16H23NO3. The number of morpholine rings is 1. The Kier molecular flexibility index (Phi) is 4.55. The van der Waals surface area contributed by atoms with Crippen LogP contribution in [0.2, 0.25) is 0 Å². The van der Waals surface area contributed by atoms with Crippen molar-refractivity contribution in [3.8, 4) is 5.75 Å². The van der Waals surface area contributed by atoms with Gasteiger partial charge in [-0.3, -0.25) is 0 Å². The summed E-state index contributed by atoms with van der Waals surface area (Å²) < 4.78 is 17.1.